The molecule has 1 aliphatic rings. The molecule has 17 heavy (non-hydrogen) atoms. The average Bonchev–Trinajstić information content (AvgIpc) is 3.20. The molecule has 2 rings (SSSR count). The second-order valence-corrected chi connectivity index (χ2v) is 4.71. The highest BCUT2D eigenvalue weighted by molar-refractivity contribution is 6.17. The monoisotopic (exact) mass is 253 g/mol. The molecule has 1 fully saturated rings. The molecular weight excluding hydrogens is 238 g/mol. The van der Waals surface area contributed by atoms with Crippen LogP contribution in [-0.2, 0) is 5.88 Å². The maximum absolute atomic E-state index is 11.7. The number of carbonyl (C=O) groups excluding carboxylic acids is 1. The van der Waals surface area contributed by atoms with Gasteiger partial charge >= 0.3 is 0 Å². The number of rotatable bonds is 5. The highest BCUT2D eigenvalue weighted by Crippen LogP contribution is 2.32. The lowest BCUT2D eigenvalue weighted by molar-refractivity contribution is 0.0901. The fourth-order valence-corrected chi connectivity index (χ4v) is 1.87. The van der Waals surface area contributed by atoms with Crippen LogP contribution in [-0.4, -0.2) is 23.7 Å². The number of hydrogen-bond donors (Lipinski definition) is 2. The normalized spacial score (nSPS) is 16.6. The number of carbonyl (C=O) groups is 1. The van der Waals surface area contributed by atoms with Crippen LogP contribution in [0.25, 0.3) is 0 Å². The molecule has 1 saturated carbocycles. The zero-order chi connectivity index (χ0) is 12.3. The number of nitrogens with one attached hydrogen (secondary N) is 1. The standard InChI is InChI=1S/C13H16ClNO2/c14-7-9-1-3-11(4-2-9)13(17)15-8-12(16)10-5-6-10/h1-4,10,12,16H,5-8H2,(H,15,17). The van der Waals surface area contributed by atoms with Crippen molar-refractivity contribution in [2.75, 3.05) is 6.54 Å². The van der Waals surface area contributed by atoms with E-state index in [1.54, 1.807) is 12.1 Å². The summed E-state index contributed by atoms with van der Waals surface area (Å²) in [7, 11) is 0. The first-order valence-corrected chi connectivity index (χ1v) is 6.35. The molecule has 1 aromatic rings. The fourth-order valence-electron chi connectivity index (χ4n) is 1.69. The van der Waals surface area contributed by atoms with Crippen LogP contribution in [0.3, 0.4) is 0 Å². The van der Waals surface area contributed by atoms with Crippen molar-refractivity contribution in [3.05, 3.63) is 35.4 Å². The van der Waals surface area contributed by atoms with Gasteiger partial charge in [-0.3, -0.25) is 4.79 Å². The van der Waals surface area contributed by atoms with Crippen LogP contribution in [0.5, 0.6) is 0 Å². The Hall–Kier alpha value is -1.06. The van der Waals surface area contributed by atoms with Crippen LogP contribution in [0.1, 0.15) is 28.8 Å². The molecule has 1 aliphatic carbocycles. The van der Waals surface area contributed by atoms with Crippen molar-refractivity contribution in [3.63, 3.8) is 0 Å². The minimum Gasteiger partial charge on any atom is -0.391 e. The first-order valence-electron chi connectivity index (χ1n) is 5.82. The van der Waals surface area contributed by atoms with E-state index in [4.69, 9.17) is 11.6 Å². The van der Waals surface area contributed by atoms with E-state index in [0.717, 1.165) is 18.4 Å². The van der Waals surface area contributed by atoms with Crippen molar-refractivity contribution >= 4 is 17.5 Å². The van der Waals surface area contributed by atoms with Crippen molar-refractivity contribution in [1.29, 1.82) is 0 Å². The van der Waals surface area contributed by atoms with E-state index < -0.39 is 6.10 Å². The fraction of sp³-hybridized carbons (Fsp3) is 0.462. The molecule has 0 radical (unpaired) electrons. The third kappa shape index (κ3) is 3.45. The van der Waals surface area contributed by atoms with Gasteiger partial charge in [0.25, 0.3) is 5.91 Å². The largest absolute Gasteiger partial charge is 0.391 e. The molecule has 1 aromatic carbocycles. The Morgan fingerprint density at radius 1 is 1.41 bits per heavy atom. The second-order valence-electron chi connectivity index (χ2n) is 4.45. The van der Waals surface area contributed by atoms with E-state index in [1.165, 1.54) is 0 Å². The van der Waals surface area contributed by atoms with Crippen LogP contribution in [0.2, 0.25) is 0 Å². The van der Waals surface area contributed by atoms with E-state index in [-0.39, 0.29) is 5.91 Å². The molecule has 0 saturated heterocycles. The Morgan fingerprint density at radius 2 is 2.06 bits per heavy atom. The number of amides is 1. The number of halogens is 1. The summed E-state index contributed by atoms with van der Waals surface area (Å²) < 4.78 is 0. The molecule has 2 N–H and O–H groups in total. The van der Waals surface area contributed by atoms with Crippen LogP contribution in [0, 0.1) is 5.92 Å². The Morgan fingerprint density at radius 3 is 2.59 bits per heavy atom. The SMILES string of the molecule is O=C(NCC(O)C1CC1)c1ccc(CCl)cc1. The maximum Gasteiger partial charge on any atom is 0.251 e. The van der Waals surface area contributed by atoms with Gasteiger partial charge in [-0.15, -0.1) is 11.6 Å². The molecule has 1 unspecified atom stereocenters. The lowest BCUT2D eigenvalue weighted by Gasteiger charge is -2.10. The van der Waals surface area contributed by atoms with Gasteiger partial charge in [0.1, 0.15) is 0 Å². The van der Waals surface area contributed by atoms with E-state index in [0.29, 0.717) is 23.9 Å². The van der Waals surface area contributed by atoms with E-state index in [2.05, 4.69) is 5.32 Å². The third-order valence-electron chi connectivity index (χ3n) is 3.01. The van der Waals surface area contributed by atoms with Gasteiger partial charge in [0.15, 0.2) is 0 Å². The zero-order valence-electron chi connectivity index (χ0n) is 9.53. The predicted molar refractivity (Wildman–Crippen MR) is 67.1 cm³/mol. The average molecular weight is 254 g/mol. The van der Waals surface area contributed by atoms with Gasteiger partial charge in [-0.05, 0) is 36.5 Å². The zero-order valence-corrected chi connectivity index (χ0v) is 10.3. The number of aliphatic hydroxyl groups is 1. The van der Waals surface area contributed by atoms with Crippen molar-refractivity contribution in [2.45, 2.75) is 24.8 Å². The topological polar surface area (TPSA) is 49.3 Å². The van der Waals surface area contributed by atoms with Crippen LogP contribution in [0.4, 0.5) is 0 Å². The van der Waals surface area contributed by atoms with Gasteiger partial charge in [-0.25, -0.2) is 0 Å². The lowest BCUT2D eigenvalue weighted by Crippen LogP contribution is -2.33. The molecule has 0 spiro atoms. The van der Waals surface area contributed by atoms with Crippen molar-refractivity contribution in [3.8, 4) is 0 Å². The Balaban J connectivity index is 1.85. The number of aliphatic hydroxyl groups excluding tert-OH is 1. The van der Waals surface area contributed by atoms with Crippen molar-refractivity contribution in [1.82, 2.24) is 5.32 Å². The Labute approximate surface area is 106 Å². The molecule has 4 heteroatoms. The highest BCUT2D eigenvalue weighted by atomic mass is 35.5. The first-order chi connectivity index (χ1) is 8.20. The maximum atomic E-state index is 11.7. The summed E-state index contributed by atoms with van der Waals surface area (Å²) in [4.78, 5) is 11.7. The summed E-state index contributed by atoms with van der Waals surface area (Å²) in [5.41, 5.74) is 1.59. The first kappa shape index (κ1) is 12.4. The van der Waals surface area contributed by atoms with Crippen LogP contribution >= 0.6 is 11.6 Å². The van der Waals surface area contributed by atoms with E-state index in [9.17, 15) is 9.90 Å². The van der Waals surface area contributed by atoms with E-state index >= 15 is 0 Å². The number of alkyl halides is 1. The Bertz CT molecular complexity index is 387. The third-order valence-corrected chi connectivity index (χ3v) is 3.32. The van der Waals surface area contributed by atoms with Gasteiger partial charge in [-0.2, -0.15) is 0 Å². The minimum absolute atomic E-state index is 0.147. The molecule has 0 aromatic heterocycles. The molecule has 1 amide bonds. The smallest absolute Gasteiger partial charge is 0.251 e. The summed E-state index contributed by atoms with van der Waals surface area (Å²) in [6.45, 7) is 0.334. The number of benzene rings is 1. The minimum atomic E-state index is -0.402. The van der Waals surface area contributed by atoms with Gasteiger partial charge in [0.2, 0.25) is 0 Å². The molecule has 3 nitrogen and oxygen atoms in total. The Kier molecular flexibility index (Phi) is 4.02. The van der Waals surface area contributed by atoms with E-state index in [1.807, 2.05) is 12.1 Å². The van der Waals surface area contributed by atoms with Crippen molar-refractivity contribution in [2.24, 2.45) is 5.92 Å². The van der Waals surface area contributed by atoms with Gasteiger partial charge in [0, 0.05) is 18.0 Å². The quantitative estimate of drug-likeness (QED) is 0.788. The summed E-state index contributed by atoms with van der Waals surface area (Å²) in [5.74, 6) is 0.683. The van der Waals surface area contributed by atoms with Crippen molar-refractivity contribution < 1.29 is 9.90 Å². The molecule has 92 valence electrons. The van der Waals surface area contributed by atoms with Gasteiger partial charge in [-0.1, -0.05) is 12.1 Å². The molecule has 1 atom stereocenters. The molecule has 0 heterocycles. The molecular formula is C13H16ClNO2. The van der Waals surface area contributed by atoms with Crippen LogP contribution < -0.4 is 5.32 Å². The van der Waals surface area contributed by atoms with Crippen LogP contribution in [0.15, 0.2) is 24.3 Å². The summed E-state index contributed by atoms with van der Waals surface area (Å²) in [6, 6.07) is 7.16. The molecule has 0 aliphatic heterocycles. The summed E-state index contributed by atoms with van der Waals surface area (Å²) in [5, 5.41) is 12.4. The summed E-state index contributed by atoms with van der Waals surface area (Å²) in [6.07, 6.45) is 1.74. The second kappa shape index (κ2) is 5.52. The lowest BCUT2D eigenvalue weighted by atomic mass is 10.1. The molecule has 0 bridgehead atoms. The number of hydrogen-bond acceptors (Lipinski definition) is 2. The van der Waals surface area contributed by atoms with Gasteiger partial charge in [0.05, 0.1) is 6.10 Å². The summed E-state index contributed by atoms with van der Waals surface area (Å²) >= 11 is 5.67. The predicted octanol–water partition coefficient (Wildman–Crippen LogP) is 1.93. The highest BCUT2D eigenvalue weighted by Gasteiger charge is 2.29. The van der Waals surface area contributed by atoms with Gasteiger partial charge < -0.3 is 10.4 Å².